The molecule has 1 aromatic heterocycles. The molecule has 22 heavy (non-hydrogen) atoms. The Morgan fingerprint density at radius 2 is 1.77 bits per heavy atom. The van der Waals surface area contributed by atoms with Gasteiger partial charge in [-0.2, -0.15) is 0 Å². The summed E-state index contributed by atoms with van der Waals surface area (Å²) >= 11 is 0. The van der Waals surface area contributed by atoms with E-state index in [4.69, 9.17) is 0 Å². The van der Waals surface area contributed by atoms with E-state index in [1.165, 1.54) is 4.90 Å². The van der Waals surface area contributed by atoms with E-state index in [9.17, 15) is 9.90 Å². The minimum Gasteiger partial charge on any atom is -0.465 e. The van der Waals surface area contributed by atoms with Gasteiger partial charge in [0.1, 0.15) is 0 Å². The predicted octanol–water partition coefficient (Wildman–Crippen LogP) is 3.98. The standard InChI is InChI=1S/C18H22N2O2/c1-13(17-7-5-4-6-8-17)11-20(18(21)22)12-16-9-14(2)19-15(3)10-16/h4-10,13H,11-12H2,1-3H3,(H,21,22). The highest BCUT2D eigenvalue weighted by Crippen LogP contribution is 2.18. The average molecular weight is 298 g/mol. The maximum absolute atomic E-state index is 11.6. The molecule has 4 nitrogen and oxygen atoms in total. The van der Waals surface area contributed by atoms with Crippen molar-refractivity contribution >= 4 is 6.09 Å². The monoisotopic (exact) mass is 298 g/mol. The van der Waals surface area contributed by atoms with E-state index in [0.717, 1.165) is 22.5 Å². The van der Waals surface area contributed by atoms with Crippen LogP contribution in [0.1, 0.15) is 35.4 Å². The maximum atomic E-state index is 11.6. The summed E-state index contributed by atoms with van der Waals surface area (Å²) in [7, 11) is 0. The van der Waals surface area contributed by atoms with Gasteiger partial charge in [0.15, 0.2) is 0 Å². The summed E-state index contributed by atoms with van der Waals surface area (Å²) in [5, 5.41) is 9.48. The van der Waals surface area contributed by atoms with E-state index in [2.05, 4.69) is 4.98 Å². The van der Waals surface area contributed by atoms with Gasteiger partial charge < -0.3 is 10.0 Å². The first-order valence-electron chi connectivity index (χ1n) is 7.42. The molecule has 1 amide bonds. The molecule has 1 atom stereocenters. The van der Waals surface area contributed by atoms with Gasteiger partial charge in [0.2, 0.25) is 0 Å². The molecule has 0 radical (unpaired) electrons. The van der Waals surface area contributed by atoms with Gasteiger partial charge in [-0.1, -0.05) is 37.3 Å². The topological polar surface area (TPSA) is 53.4 Å². The van der Waals surface area contributed by atoms with Crippen molar-refractivity contribution in [2.45, 2.75) is 33.2 Å². The third kappa shape index (κ3) is 4.32. The van der Waals surface area contributed by atoms with Crippen LogP contribution in [-0.2, 0) is 6.54 Å². The molecule has 0 aliphatic heterocycles. The molecule has 0 spiro atoms. The molecule has 116 valence electrons. The lowest BCUT2D eigenvalue weighted by Gasteiger charge is -2.23. The second-order valence-corrected chi connectivity index (χ2v) is 5.73. The molecule has 2 aromatic rings. The molecule has 0 bridgehead atoms. The molecule has 0 aliphatic carbocycles. The molecule has 1 aromatic carbocycles. The summed E-state index contributed by atoms with van der Waals surface area (Å²) in [5.41, 5.74) is 3.95. The molecule has 0 saturated heterocycles. The molecule has 1 N–H and O–H groups in total. The smallest absolute Gasteiger partial charge is 0.407 e. The zero-order chi connectivity index (χ0) is 16.1. The van der Waals surface area contributed by atoms with Crippen molar-refractivity contribution in [3.63, 3.8) is 0 Å². The van der Waals surface area contributed by atoms with Crippen LogP contribution in [0.5, 0.6) is 0 Å². The quantitative estimate of drug-likeness (QED) is 0.908. The van der Waals surface area contributed by atoms with Gasteiger partial charge in [-0.05, 0) is 43.0 Å². The van der Waals surface area contributed by atoms with Crippen LogP contribution in [0.3, 0.4) is 0 Å². The molecule has 0 saturated carbocycles. The van der Waals surface area contributed by atoms with Crippen LogP contribution in [0.2, 0.25) is 0 Å². The number of rotatable bonds is 5. The first-order valence-corrected chi connectivity index (χ1v) is 7.42. The lowest BCUT2D eigenvalue weighted by Crippen LogP contribution is -2.32. The Kier molecular flexibility index (Phi) is 5.15. The van der Waals surface area contributed by atoms with Gasteiger partial charge in [-0.25, -0.2) is 4.79 Å². The van der Waals surface area contributed by atoms with Gasteiger partial charge in [-0.3, -0.25) is 4.98 Å². The van der Waals surface area contributed by atoms with E-state index in [-0.39, 0.29) is 5.92 Å². The number of hydrogen-bond acceptors (Lipinski definition) is 2. The molecule has 0 fully saturated rings. The molecular weight excluding hydrogens is 276 g/mol. The normalized spacial score (nSPS) is 12.0. The number of nitrogens with zero attached hydrogens (tertiary/aromatic N) is 2. The Hall–Kier alpha value is -2.36. The summed E-state index contributed by atoms with van der Waals surface area (Å²) in [6.45, 7) is 6.76. The van der Waals surface area contributed by atoms with Crippen LogP contribution in [0.25, 0.3) is 0 Å². The van der Waals surface area contributed by atoms with Crippen molar-refractivity contribution in [1.82, 2.24) is 9.88 Å². The Morgan fingerprint density at radius 3 is 2.32 bits per heavy atom. The van der Waals surface area contributed by atoms with E-state index < -0.39 is 6.09 Å². The summed E-state index contributed by atoms with van der Waals surface area (Å²) in [4.78, 5) is 17.3. The average Bonchev–Trinajstić information content (AvgIpc) is 2.46. The highest BCUT2D eigenvalue weighted by atomic mass is 16.4. The summed E-state index contributed by atoms with van der Waals surface area (Å²) in [6.07, 6.45) is -0.894. The first kappa shape index (κ1) is 16.0. The largest absolute Gasteiger partial charge is 0.465 e. The number of amides is 1. The third-order valence-corrected chi connectivity index (χ3v) is 3.65. The van der Waals surface area contributed by atoms with Crippen molar-refractivity contribution in [2.75, 3.05) is 6.54 Å². The second kappa shape index (κ2) is 7.07. The SMILES string of the molecule is Cc1cc(CN(CC(C)c2ccccc2)C(=O)O)cc(C)n1. The lowest BCUT2D eigenvalue weighted by atomic mass is 10.0. The summed E-state index contributed by atoms with van der Waals surface area (Å²) in [5.74, 6) is 0.154. The fourth-order valence-electron chi connectivity index (χ4n) is 2.66. The zero-order valence-corrected chi connectivity index (χ0v) is 13.3. The molecule has 1 unspecified atom stereocenters. The van der Waals surface area contributed by atoms with Crippen molar-refractivity contribution in [1.29, 1.82) is 0 Å². The van der Waals surface area contributed by atoms with Crippen LogP contribution in [-0.4, -0.2) is 27.6 Å². The first-order chi connectivity index (χ1) is 10.5. The van der Waals surface area contributed by atoms with Crippen LogP contribution >= 0.6 is 0 Å². The van der Waals surface area contributed by atoms with Crippen LogP contribution in [0.15, 0.2) is 42.5 Å². The van der Waals surface area contributed by atoms with Gasteiger partial charge in [0, 0.05) is 24.5 Å². The second-order valence-electron chi connectivity index (χ2n) is 5.73. The van der Waals surface area contributed by atoms with Gasteiger partial charge in [-0.15, -0.1) is 0 Å². The number of carbonyl (C=O) groups is 1. The Balaban J connectivity index is 2.11. The maximum Gasteiger partial charge on any atom is 0.407 e. The fraction of sp³-hybridized carbons (Fsp3) is 0.333. The molecule has 1 heterocycles. The lowest BCUT2D eigenvalue weighted by molar-refractivity contribution is 0.139. The minimum absolute atomic E-state index is 0.154. The fourth-order valence-corrected chi connectivity index (χ4v) is 2.66. The molecule has 2 rings (SSSR count). The van der Waals surface area contributed by atoms with Crippen LogP contribution < -0.4 is 0 Å². The number of pyridine rings is 1. The molecular formula is C18H22N2O2. The van der Waals surface area contributed by atoms with E-state index in [1.54, 1.807) is 0 Å². The Bertz CT molecular complexity index is 621. The summed E-state index contributed by atoms with van der Waals surface area (Å²) < 4.78 is 0. The van der Waals surface area contributed by atoms with Crippen LogP contribution in [0.4, 0.5) is 4.79 Å². The third-order valence-electron chi connectivity index (χ3n) is 3.65. The van der Waals surface area contributed by atoms with Gasteiger partial charge >= 0.3 is 6.09 Å². The number of aromatic nitrogens is 1. The van der Waals surface area contributed by atoms with E-state index in [0.29, 0.717) is 13.1 Å². The highest BCUT2D eigenvalue weighted by molar-refractivity contribution is 5.65. The van der Waals surface area contributed by atoms with Gasteiger partial charge in [0.25, 0.3) is 0 Å². The van der Waals surface area contributed by atoms with Crippen molar-refractivity contribution in [3.8, 4) is 0 Å². The summed E-state index contributed by atoms with van der Waals surface area (Å²) in [6, 6.07) is 13.9. The highest BCUT2D eigenvalue weighted by Gasteiger charge is 2.17. The predicted molar refractivity (Wildman–Crippen MR) is 87.0 cm³/mol. The molecule has 0 aliphatic rings. The van der Waals surface area contributed by atoms with E-state index in [1.807, 2.05) is 63.2 Å². The van der Waals surface area contributed by atoms with Crippen molar-refractivity contribution < 1.29 is 9.90 Å². The minimum atomic E-state index is -0.894. The van der Waals surface area contributed by atoms with E-state index >= 15 is 0 Å². The number of benzene rings is 1. The number of carboxylic acid groups (broad SMARTS) is 1. The zero-order valence-electron chi connectivity index (χ0n) is 13.3. The molecule has 4 heteroatoms. The van der Waals surface area contributed by atoms with Crippen molar-refractivity contribution in [2.24, 2.45) is 0 Å². The van der Waals surface area contributed by atoms with Gasteiger partial charge in [0.05, 0.1) is 0 Å². The Labute approximate surface area is 131 Å². The Morgan fingerprint density at radius 1 is 1.18 bits per heavy atom. The van der Waals surface area contributed by atoms with Crippen LogP contribution in [0, 0.1) is 13.8 Å². The number of aryl methyl sites for hydroxylation is 2. The van der Waals surface area contributed by atoms with Crippen molar-refractivity contribution in [3.05, 3.63) is 65.0 Å². The number of hydrogen-bond donors (Lipinski definition) is 1.